The largest absolute Gasteiger partial charge is 0.363 e. The molecule has 0 aliphatic carbocycles. The molecular weight excluding hydrogens is 422 g/mol. The van der Waals surface area contributed by atoms with Crippen molar-refractivity contribution in [3.05, 3.63) is 75.8 Å². The van der Waals surface area contributed by atoms with Gasteiger partial charge in [0.2, 0.25) is 5.91 Å². The number of thiophene rings is 1. The number of pyridine rings is 1. The van der Waals surface area contributed by atoms with Crippen LogP contribution in [-0.2, 0) is 17.9 Å². The Morgan fingerprint density at radius 1 is 1.16 bits per heavy atom. The van der Waals surface area contributed by atoms with E-state index in [1.807, 2.05) is 67.7 Å². The number of benzene rings is 1. The molecule has 0 bridgehead atoms. The Hall–Kier alpha value is -3.52. The Bertz CT molecular complexity index is 1310. The van der Waals surface area contributed by atoms with Gasteiger partial charge in [-0.25, -0.2) is 9.97 Å². The van der Waals surface area contributed by atoms with Gasteiger partial charge in [-0.05, 0) is 30.2 Å². The quantitative estimate of drug-likeness (QED) is 0.468. The fraction of sp³-hybridized carbons (Fsp3) is 0.250. The van der Waals surface area contributed by atoms with Gasteiger partial charge in [-0.15, -0.1) is 11.3 Å². The van der Waals surface area contributed by atoms with Crippen molar-refractivity contribution in [1.82, 2.24) is 19.9 Å². The number of nitrogens with zero attached hydrogens (tertiary/aromatic N) is 4. The minimum Gasteiger partial charge on any atom is -0.363 e. The van der Waals surface area contributed by atoms with Crippen LogP contribution < -0.4 is 15.8 Å². The number of carbonyl (C=O) groups is 1. The van der Waals surface area contributed by atoms with Crippen LogP contribution in [0, 0.1) is 6.92 Å². The number of anilines is 1. The molecule has 0 atom stereocenters. The maximum atomic E-state index is 13.1. The highest BCUT2D eigenvalue weighted by Gasteiger charge is 2.14. The average Bonchev–Trinajstić information content (AvgIpc) is 3.23. The van der Waals surface area contributed by atoms with Gasteiger partial charge in [0.25, 0.3) is 5.56 Å². The molecule has 0 saturated carbocycles. The minimum atomic E-state index is -0.121. The summed E-state index contributed by atoms with van der Waals surface area (Å²) in [6.07, 6.45) is 3.45. The summed E-state index contributed by atoms with van der Waals surface area (Å²) in [6, 6.07) is 11.9. The van der Waals surface area contributed by atoms with Crippen molar-refractivity contribution in [3.63, 3.8) is 0 Å². The highest BCUT2D eigenvalue weighted by atomic mass is 32.1. The van der Waals surface area contributed by atoms with E-state index < -0.39 is 0 Å². The van der Waals surface area contributed by atoms with Crippen molar-refractivity contribution in [2.75, 3.05) is 19.0 Å². The van der Waals surface area contributed by atoms with Gasteiger partial charge in [-0.1, -0.05) is 29.8 Å². The van der Waals surface area contributed by atoms with Crippen LogP contribution in [0.3, 0.4) is 0 Å². The molecule has 8 heteroatoms. The second-order valence-corrected chi connectivity index (χ2v) is 8.74. The lowest BCUT2D eigenvalue weighted by molar-refractivity contribution is -0.121. The first-order valence-electron chi connectivity index (χ1n) is 10.3. The van der Waals surface area contributed by atoms with E-state index in [-0.39, 0.29) is 24.4 Å². The molecule has 0 aliphatic rings. The third-order valence-electron chi connectivity index (χ3n) is 5.26. The summed E-state index contributed by atoms with van der Waals surface area (Å²) in [4.78, 5) is 36.9. The highest BCUT2D eigenvalue weighted by Crippen LogP contribution is 2.30. The van der Waals surface area contributed by atoms with Gasteiger partial charge in [0.05, 0.1) is 11.7 Å². The van der Waals surface area contributed by atoms with E-state index in [1.54, 1.807) is 6.20 Å². The first kappa shape index (κ1) is 21.7. The number of rotatable bonds is 7. The number of hydrogen-bond acceptors (Lipinski definition) is 6. The summed E-state index contributed by atoms with van der Waals surface area (Å²) in [6.45, 7) is 2.72. The smallest absolute Gasteiger partial charge is 0.262 e. The molecule has 164 valence electrons. The maximum absolute atomic E-state index is 13.1. The number of amides is 1. The summed E-state index contributed by atoms with van der Waals surface area (Å²) >= 11 is 1.46. The van der Waals surface area contributed by atoms with Gasteiger partial charge in [0, 0.05) is 50.7 Å². The monoisotopic (exact) mass is 447 g/mol. The molecule has 0 unspecified atom stereocenters. The Labute approximate surface area is 190 Å². The summed E-state index contributed by atoms with van der Waals surface area (Å²) in [5.41, 5.74) is 3.89. The van der Waals surface area contributed by atoms with Crippen LogP contribution >= 0.6 is 11.3 Å². The normalized spacial score (nSPS) is 11.0. The van der Waals surface area contributed by atoms with Crippen molar-refractivity contribution >= 4 is 33.3 Å². The molecule has 1 N–H and O–H groups in total. The molecule has 32 heavy (non-hydrogen) atoms. The van der Waals surface area contributed by atoms with E-state index in [0.29, 0.717) is 16.8 Å². The Balaban J connectivity index is 1.45. The van der Waals surface area contributed by atoms with E-state index in [0.717, 1.165) is 22.5 Å². The number of aryl methyl sites for hydroxylation is 2. The van der Waals surface area contributed by atoms with Crippen LogP contribution in [-0.4, -0.2) is 34.5 Å². The van der Waals surface area contributed by atoms with Crippen LogP contribution in [0.4, 0.5) is 5.82 Å². The Morgan fingerprint density at radius 3 is 2.69 bits per heavy atom. The molecule has 0 saturated heterocycles. The van der Waals surface area contributed by atoms with Crippen molar-refractivity contribution in [1.29, 1.82) is 0 Å². The zero-order valence-corrected chi connectivity index (χ0v) is 19.1. The van der Waals surface area contributed by atoms with E-state index >= 15 is 0 Å². The zero-order chi connectivity index (χ0) is 22.7. The molecular formula is C24H25N5O2S. The molecule has 1 amide bonds. The lowest BCUT2D eigenvalue weighted by atomic mass is 10.1. The molecule has 0 fully saturated rings. The summed E-state index contributed by atoms with van der Waals surface area (Å²) < 4.78 is 1.52. The second kappa shape index (κ2) is 9.32. The second-order valence-electron chi connectivity index (χ2n) is 7.88. The molecule has 7 nitrogen and oxygen atoms in total. The number of aromatic nitrogens is 3. The summed E-state index contributed by atoms with van der Waals surface area (Å²) in [5.74, 6) is 0.715. The lowest BCUT2D eigenvalue weighted by Crippen LogP contribution is -2.27. The number of hydrogen-bond donors (Lipinski definition) is 1. The SMILES string of the molecule is Cc1ccc(-c2csc3ncn(CCC(=O)NCc4ccnc(N(C)C)c4)c(=O)c23)cc1. The van der Waals surface area contributed by atoms with Gasteiger partial charge in [0.15, 0.2) is 0 Å². The van der Waals surface area contributed by atoms with E-state index in [9.17, 15) is 9.59 Å². The van der Waals surface area contributed by atoms with E-state index in [1.165, 1.54) is 27.8 Å². The van der Waals surface area contributed by atoms with Gasteiger partial charge in [-0.2, -0.15) is 0 Å². The third-order valence-corrected chi connectivity index (χ3v) is 6.15. The lowest BCUT2D eigenvalue weighted by Gasteiger charge is -2.12. The van der Waals surface area contributed by atoms with Gasteiger partial charge in [-0.3, -0.25) is 14.2 Å². The fourth-order valence-corrected chi connectivity index (χ4v) is 4.31. The first-order chi connectivity index (χ1) is 15.4. The fourth-order valence-electron chi connectivity index (χ4n) is 3.40. The third kappa shape index (κ3) is 4.70. The first-order valence-corrected chi connectivity index (χ1v) is 11.2. The molecule has 0 aliphatic heterocycles. The van der Waals surface area contributed by atoms with Crippen molar-refractivity contribution in [3.8, 4) is 11.1 Å². The topological polar surface area (TPSA) is 80.1 Å². The highest BCUT2D eigenvalue weighted by molar-refractivity contribution is 7.17. The zero-order valence-electron chi connectivity index (χ0n) is 18.3. The van der Waals surface area contributed by atoms with Crippen LogP contribution in [0.1, 0.15) is 17.5 Å². The van der Waals surface area contributed by atoms with Gasteiger partial charge in [0.1, 0.15) is 10.6 Å². The predicted octanol–water partition coefficient (Wildman–Crippen LogP) is 3.60. The van der Waals surface area contributed by atoms with Crippen LogP contribution in [0.2, 0.25) is 0 Å². The van der Waals surface area contributed by atoms with Crippen LogP contribution in [0.25, 0.3) is 21.3 Å². The summed E-state index contributed by atoms with van der Waals surface area (Å²) in [7, 11) is 3.84. The Kier molecular flexibility index (Phi) is 6.32. The molecule has 3 aromatic heterocycles. The van der Waals surface area contributed by atoms with Crippen LogP contribution in [0.15, 0.2) is 59.1 Å². The van der Waals surface area contributed by atoms with Crippen molar-refractivity contribution < 1.29 is 4.79 Å². The average molecular weight is 448 g/mol. The molecule has 4 rings (SSSR count). The van der Waals surface area contributed by atoms with Gasteiger partial charge < -0.3 is 10.2 Å². The summed E-state index contributed by atoms with van der Waals surface area (Å²) in [5, 5.41) is 5.49. The molecule has 4 aromatic rings. The Morgan fingerprint density at radius 2 is 1.94 bits per heavy atom. The minimum absolute atomic E-state index is 0.121. The van der Waals surface area contributed by atoms with Crippen LogP contribution in [0.5, 0.6) is 0 Å². The molecule has 0 radical (unpaired) electrons. The standard InChI is InChI=1S/C24H25N5O2S/c1-16-4-6-18(7-5-16)19-14-32-23-22(19)24(31)29(15-27-23)11-9-21(30)26-13-17-8-10-25-20(12-17)28(2)3/h4-8,10,12,14-15H,9,11,13H2,1-3H3,(H,26,30). The number of carbonyl (C=O) groups excluding carboxylic acids is 1. The van der Waals surface area contributed by atoms with E-state index in [2.05, 4.69) is 15.3 Å². The predicted molar refractivity (Wildman–Crippen MR) is 129 cm³/mol. The van der Waals surface area contributed by atoms with Crippen molar-refractivity contribution in [2.45, 2.75) is 26.4 Å². The molecule has 1 aromatic carbocycles. The maximum Gasteiger partial charge on any atom is 0.262 e. The van der Waals surface area contributed by atoms with Gasteiger partial charge >= 0.3 is 0 Å². The van der Waals surface area contributed by atoms with Crippen molar-refractivity contribution in [2.24, 2.45) is 0 Å². The van der Waals surface area contributed by atoms with E-state index in [4.69, 9.17) is 0 Å². The number of nitrogens with one attached hydrogen (secondary N) is 1. The number of fused-ring (bicyclic) bond motifs is 1. The molecule has 0 spiro atoms. The molecule has 3 heterocycles.